The van der Waals surface area contributed by atoms with Gasteiger partial charge in [-0.25, -0.2) is 9.36 Å². The molecule has 0 fully saturated rings. The van der Waals surface area contributed by atoms with Crippen molar-refractivity contribution in [2.24, 2.45) is 0 Å². The summed E-state index contributed by atoms with van der Waals surface area (Å²) in [4.78, 5) is 39.2. The van der Waals surface area contributed by atoms with Crippen LogP contribution >= 0.6 is 34.5 Å². The highest BCUT2D eigenvalue weighted by molar-refractivity contribution is 7.17. The standard InChI is InChI=1S/C22H17Cl2N3O3S/c1-12-3-4-13(2)18(7-12)27-21(29)20-17(5-6-31-20)26(22(27)30)11-19(28)25-16-9-14(23)8-15(24)10-16/h3-10H,11H2,1-2H3,(H,25,28). The molecule has 1 N–H and O–H groups in total. The monoisotopic (exact) mass is 473 g/mol. The van der Waals surface area contributed by atoms with Crippen LogP contribution in [0.15, 0.2) is 57.4 Å². The molecular weight excluding hydrogens is 457 g/mol. The molecule has 0 bridgehead atoms. The minimum Gasteiger partial charge on any atom is -0.324 e. The summed E-state index contributed by atoms with van der Waals surface area (Å²) in [6.07, 6.45) is 0. The zero-order valence-electron chi connectivity index (χ0n) is 16.6. The summed E-state index contributed by atoms with van der Waals surface area (Å²) in [7, 11) is 0. The zero-order valence-corrected chi connectivity index (χ0v) is 18.9. The molecule has 2 aromatic carbocycles. The fraction of sp³-hybridized carbons (Fsp3) is 0.136. The van der Waals surface area contributed by atoms with E-state index >= 15 is 0 Å². The first-order chi connectivity index (χ1) is 14.7. The molecule has 0 atom stereocenters. The van der Waals surface area contributed by atoms with Crippen molar-refractivity contribution in [3.63, 3.8) is 0 Å². The SMILES string of the molecule is Cc1ccc(C)c(-n2c(=O)c3sccc3n(CC(=O)Nc3cc(Cl)cc(Cl)c3)c2=O)c1. The van der Waals surface area contributed by atoms with Gasteiger partial charge in [0.1, 0.15) is 11.2 Å². The Morgan fingerprint density at radius 3 is 2.45 bits per heavy atom. The third kappa shape index (κ3) is 4.17. The smallest absolute Gasteiger partial charge is 0.324 e. The third-order valence-electron chi connectivity index (χ3n) is 4.81. The van der Waals surface area contributed by atoms with Gasteiger partial charge in [-0.2, -0.15) is 0 Å². The fourth-order valence-electron chi connectivity index (χ4n) is 3.38. The normalized spacial score (nSPS) is 11.1. The second-order valence-corrected chi connectivity index (χ2v) is 8.93. The molecule has 0 saturated heterocycles. The molecule has 0 aliphatic rings. The first-order valence-corrected chi connectivity index (χ1v) is 10.9. The second kappa shape index (κ2) is 8.34. The van der Waals surface area contributed by atoms with Gasteiger partial charge in [-0.3, -0.25) is 14.2 Å². The van der Waals surface area contributed by atoms with E-state index in [4.69, 9.17) is 23.2 Å². The highest BCUT2D eigenvalue weighted by atomic mass is 35.5. The number of nitrogens with zero attached hydrogens (tertiary/aromatic N) is 2. The van der Waals surface area contributed by atoms with Gasteiger partial charge in [0.2, 0.25) is 5.91 Å². The van der Waals surface area contributed by atoms with E-state index in [9.17, 15) is 14.4 Å². The topological polar surface area (TPSA) is 73.1 Å². The first kappa shape index (κ1) is 21.4. The van der Waals surface area contributed by atoms with Gasteiger partial charge in [-0.05, 0) is 60.7 Å². The first-order valence-electron chi connectivity index (χ1n) is 9.31. The number of fused-ring (bicyclic) bond motifs is 1. The van der Waals surface area contributed by atoms with Crippen LogP contribution < -0.4 is 16.6 Å². The van der Waals surface area contributed by atoms with Crippen LogP contribution in [0.25, 0.3) is 15.9 Å². The summed E-state index contributed by atoms with van der Waals surface area (Å²) >= 11 is 13.2. The van der Waals surface area contributed by atoms with Crippen molar-refractivity contribution >= 4 is 56.3 Å². The predicted molar refractivity (Wildman–Crippen MR) is 126 cm³/mol. The molecule has 2 heterocycles. The van der Waals surface area contributed by atoms with Crippen molar-refractivity contribution in [1.29, 1.82) is 0 Å². The van der Waals surface area contributed by atoms with Crippen LogP contribution in [0.1, 0.15) is 11.1 Å². The van der Waals surface area contributed by atoms with Crippen LogP contribution in [0.4, 0.5) is 5.69 Å². The molecule has 4 rings (SSSR count). The van der Waals surface area contributed by atoms with E-state index in [0.717, 1.165) is 15.7 Å². The molecule has 0 aliphatic heterocycles. The molecule has 6 nitrogen and oxygen atoms in total. The number of thiophene rings is 1. The van der Waals surface area contributed by atoms with E-state index in [0.29, 0.717) is 31.6 Å². The maximum absolute atomic E-state index is 13.4. The summed E-state index contributed by atoms with van der Waals surface area (Å²) in [5.41, 5.74) is 2.05. The van der Waals surface area contributed by atoms with Crippen molar-refractivity contribution in [3.8, 4) is 5.69 Å². The summed E-state index contributed by atoms with van der Waals surface area (Å²) in [6.45, 7) is 3.44. The largest absolute Gasteiger partial charge is 0.336 e. The van der Waals surface area contributed by atoms with Crippen molar-refractivity contribution in [2.75, 3.05) is 5.32 Å². The Balaban J connectivity index is 1.82. The van der Waals surface area contributed by atoms with Crippen molar-refractivity contribution in [3.05, 3.63) is 89.9 Å². The van der Waals surface area contributed by atoms with Crippen LogP contribution in [-0.4, -0.2) is 15.0 Å². The lowest BCUT2D eigenvalue weighted by Gasteiger charge is -2.14. The Kier molecular flexibility index (Phi) is 5.75. The van der Waals surface area contributed by atoms with E-state index in [-0.39, 0.29) is 6.54 Å². The molecular formula is C22H17Cl2N3O3S. The van der Waals surface area contributed by atoms with Crippen LogP contribution in [-0.2, 0) is 11.3 Å². The van der Waals surface area contributed by atoms with E-state index in [2.05, 4.69) is 5.32 Å². The summed E-state index contributed by atoms with van der Waals surface area (Å²) < 4.78 is 2.83. The number of aromatic nitrogens is 2. The minimum atomic E-state index is -0.580. The number of hydrogen-bond acceptors (Lipinski definition) is 4. The predicted octanol–water partition coefficient (Wildman–Crippen LogP) is 4.78. The highest BCUT2D eigenvalue weighted by Gasteiger charge is 2.19. The average molecular weight is 474 g/mol. The van der Waals surface area contributed by atoms with E-state index in [1.807, 2.05) is 26.0 Å². The number of amides is 1. The van der Waals surface area contributed by atoms with Gasteiger partial charge in [0.05, 0.1) is 11.2 Å². The molecule has 31 heavy (non-hydrogen) atoms. The van der Waals surface area contributed by atoms with Crippen LogP contribution in [0.5, 0.6) is 0 Å². The average Bonchev–Trinajstić information content (AvgIpc) is 3.17. The van der Waals surface area contributed by atoms with Crippen molar-refractivity contribution in [1.82, 2.24) is 9.13 Å². The van der Waals surface area contributed by atoms with Gasteiger partial charge in [0.15, 0.2) is 0 Å². The third-order valence-corrected chi connectivity index (χ3v) is 6.14. The lowest BCUT2D eigenvalue weighted by molar-refractivity contribution is -0.116. The molecule has 0 aliphatic carbocycles. The Labute approximate surface area is 191 Å². The van der Waals surface area contributed by atoms with Gasteiger partial charge >= 0.3 is 5.69 Å². The van der Waals surface area contributed by atoms with Gasteiger partial charge in [0.25, 0.3) is 5.56 Å². The summed E-state index contributed by atoms with van der Waals surface area (Å²) in [6, 6.07) is 11.9. The number of benzene rings is 2. The lowest BCUT2D eigenvalue weighted by atomic mass is 10.1. The maximum atomic E-state index is 13.4. The molecule has 2 aromatic heterocycles. The Morgan fingerprint density at radius 2 is 1.74 bits per heavy atom. The van der Waals surface area contributed by atoms with E-state index < -0.39 is 17.2 Å². The highest BCUT2D eigenvalue weighted by Crippen LogP contribution is 2.23. The molecule has 0 saturated carbocycles. The Bertz CT molecular complexity index is 1430. The summed E-state index contributed by atoms with van der Waals surface area (Å²) in [5.74, 6) is -0.445. The number of hydrogen-bond donors (Lipinski definition) is 1. The number of aryl methyl sites for hydroxylation is 2. The maximum Gasteiger partial charge on any atom is 0.336 e. The number of carbonyl (C=O) groups excluding carboxylic acids is 1. The van der Waals surface area contributed by atoms with Crippen molar-refractivity contribution in [2.45, 2.75) is 20.4 Å². The van der Waals surface area contributed by atoms with E-state index in [1.165, 1.54) is 15.9 Å². The van der Waals surface area contributed by atoms with Crippen LogP contribution in [0, 0.1) is 13.8 Å². The Hall–Kier alpha value is -2.87. The number of anilines is 1. The lowest BCUT2D eigenvalue weighted by Crippen LogP contribution is -2.40. The Morgan fingerprint density at radius 1 is 1.03 bits per heavy atom. The summed E-state index contributed by atoms with van der Waals surface area (Å²) in [5, 5.41) is 5.18. The molecule has 9 heteroatoms. The molecule has 0 radical (unpaired) electrons. The number of nitrogens with one attached hydrogen (secondary N) is 1. The molecule has 158 valence electrons. The fourth-order valence-corrected chi connectivity index (χ4v) is 4.73. The minimum absolute atomic E-state index is 0.276. The zero-order chi connectivity index (χ0) is 22.3. The van der Waals surface area contributed by atoms with Crippen LogP contribution in [0.3, 0.4) is 0 Å². The quantitative estimate of drug-likeness (QED) is 0.463. The van der Waals surface area contributed by atoms with Gasteiger partial charge in [0, 0.05) is 15.7 Å². The van der Waals surface area contributed by atoms with Crippen LogP contribution in [0.2, 0.25) is 10.0 Å². The van der Waals surface area contributed by atoms with Gasteiger partial charge in [-0.1, -0.05) is 35.3 Å². The molecule has 0 unspecified atom stereocenters. The van der Waals surface area contributed by atoms with Gasteiger partial charge in [-0.15, -0.1) is 11.3 Å². The molecule has 4 aromatic rings. The number of halogens is 2. The molecule has 0 spiro atoms. The van der Waals surface area contributed by atoms with Gasteiger partial charge < -0.3 is 5.32 Å². The number of carbonyl (C=O) groups is 1. The second-order valence-electron chi connectivity index (χ2n) is 7.14. The number of rotatable bonds is 4. The molecule has 1 amide bonds. The van der Waals surface area contributed by atoms with Crippen molar-refractivity contribution < 1.29 is 4.79 Å². The van der Waals surface area contributed by atoms with E-state index in [1.54, 1.807) is 35.7 Å².